The number of amidine groups is 1. The molecule has 5 nitrogen and oxygen atoms in total. The minimum Gasteiger partial charge on any atom is -0.409 e. The lowest BCUT2D eigenvalue weighted by atomic mass is 10.0. The molecule has 5 heteroatoms. The minimum absolute atomic E-state index is 0.0296. The third-order valence-corrected chi connectivity index (χ3v) is 3.26. The fraction of sp³-hybridized carbons (Fsp3) is 0.833. The van der Waals surface area contributed by atoms with Gasteiger partial charge in [-0.25, -0.2) is 0 Å². The van der Waals surface area contributed by atoms with Gasteiger partial charge in [0.2, 0.25) is 5.91 Å². The number of carbonyl (C=O) groups is 1. The van der Waals surface area contributed by atoms with Crippen molar-refractivity contribution in [3.63, 3.8) is 0 Å². The highest BCUT2D eigenvalue weighted by molar-refractivity contribution is 6.01. The summed E-state index contributed by atoms with van der Waals surface area (Å²) >= 11 is 0. The molecule has 0 bridgehead atoms. The van der Waals surface area contributed by atoms with Crippen LogP contribution in [0.3, 0.4) is 0 Å². The first kappa shape index (κ1) is 15.7. The number of nitrogens with zero attached hydrogens (tertiary/aromatic N) is 2. The quantitative estimate of drug-likeness (QED) is 0.309. The summed E-state index contributed by atoms with van der Waals surface area (Å²) in [5, 5.41) is 11.5. The van der Waals surface area contributed by atoms with Crippen molar-refractivity contribution in [3.8, 4) is 0 Å². The highest BCUT2D eigenvalue weighted by Crippen LogP contribution is 2.12. The molecule has 0 aromatic heterocycles. The molecule has 0 radical (unpaired) electrons. The largest absolute Gasteiger partial charge is 0.409 e. The van der Waals surface area contributed by atoms with Crippen molar-refractivity contribution in [3.05, 3.63) is 0 Å². The highest BCUT2D eigenvalue weighted by atomic mass is 16.4. The molecule has 1 atom stereocenters. The second kappa shape index (κ2) is 7.92. The Morgan fingerprint density at radius 1 is 1.35 bits per heavy atom. The van der Waals surface area contributed by atoms with Gasteiger partial charge in [-0.2, -0.15) is 0 Å². The summed E-state index contributed by atoms with van der Waals surface area (Å²) in [7, 11) is 0. The first-order valence-corrected chi connectivity index (χ1v) is 6.27. The van der Waals surface area contributed by atoms with Gasteiger partial charge < -0.3 is 15.8 Å². The molecule has 0 heterocycles. The van der Waals surface area contributed by atoms with Crippen LogP contribution in [0.5, 0.6) is 0 Å². The van der Waals surface area contributed by atoms with Crippen LogP contribution in [0.4, 0.5) is 0 Å². The molecular weight excluding hydrogens is 218 g/mol. The smallest absolute Gasteiger partial charge is 0.233 e. The molecule has 0 saturated heterocycles. The second-order valence-corrected chi connectivity index (χ2v) is 4.31. The van der Waals surface area contributed by atoms with Crippen molar-refractivity contribution in [2.75, 3.05) is 13.1 Å². The van der Waals surface area contributed by atoms with Crippen molar-refractivity contribution in [2.24, 2.45) is 22.7 Å². The number of oxime groups is 1. The van der Waals surface area contributed by atoms with E-state index in [1.807, 2.05) is 6.92 Å². The summed E-state index contributed by atoms with van der Waals surface area (Å²) in [6, 6.07) is 0. The highest BCUT2D eigenvalue weighted by Gasteiger charge is 2.24. The van der Waals surface area contributed by atoms with Crippen molar-refractivity contribution in [1.82, 2.24) is 4.90 Å². The Balaban J connectivity index is 4.60. The van der Waals surface area contributed by atoms with Gasteiger partial charge in [-0.15, -0.1) is 0 Å². The molecule has 0 saturated carbocycles. The van der Waals surface area contributed by atoms with Crippen LogP contribution in [0.2, 0.25) is 0 Å². The third kappa shape index (κ3) is 4.63. The van der Waals surface area contributed by atoms with Crippen molar-refractivity contribution >= 4 is 11.7 Å². The fourth-order valence-electron chi connectivity index (χ4n) is 1.72. The van der Waals surface area contributed by atoms with Gasteiger partial charge in [-0.3, -0.25) is 4.79 Å². The Morgan fingerprint density at radius 3 is 2.24 bits per heavy atom. The van der Waals surface area contributed by atoms with Gasteiger partial charge in [0, 0.05) is 13.1 Å². The summed E-state index contributed by atoms with van der Waals surface area (Å²) in [6.45, 7) is 9.24. The normalized spacial score (nSPS) is 13.8. The van der Waals surface area contributed by atoms with E-state index in [1.165, 1.54) is 0 Å². The van der Waals surface area contributed by atoms with Crippen LogP contribution in [0.25, 0.3) is 0 Å². The van der Waals surface area contributed by atoms with Crippen LogP contribution in [-0.4, -0.2) is 34.9 Å². The molecule has 17 heavy (non-hydrogen) atoms. The van der Waals surface area contributed by atoms with E-state index in [4.69, 9.17) is 10.9 Å². The van der Waals surface area contributed by atoms with Gasteiger partial charge in [-0.1, -0.05) is 31.8 Å². The van der Waals surface area contributed by atoms with Gasteiger partial charge in [0.05, 0.1) is 5.92 Å². The maximum Gasteiger partial charge on any atom is 0.233 e. The molecule has 1 amide bonds. The number of hydrogen-bond donors (Lipinski definition) is 2. The van der Waals surface area contributed by atoms with Crippen LogP contribution < -0.4 is 5.73 Å². The van der Waals surface area contributed by atoms with E-state index in [-0.39, 0.29) is 11.7 Å². The number of rotatable bonds is 7. The first-order chi connectivity index (χ1) is 8.01. The van der Waals surface area contributed by atoms with E-state index in [2.05, 4.69) is 19.0 Å². The van der Waals surface area contributed by atoms with E-state index >= 15 is 0 Å². The molecule has 0 rings (SSSR count). The van der Waals surface area contributed by atoms with Crippen LogP contribution in [0, 0.1) is 11.8 Å². The van der Waals surface area contributed by atoms with Crippen molar-refractivity contribution in [1.29, 1.82) is 0 Å². The Kier molecular flexibility index (Phi) is 7.34. The lowest BCUT2D eigenvalue weighted by Gasteiger charge is -2.27. The molecule has 0 aliphatic carbocycles. The van der Waals surface area contributed by atoms with E-state index < -0.39 is 5.92 Å². The van der Waals surface area contributed by atoms with Crippen LogP contribution in [0.15, 0.2) is 5.16 Å². The average Bonchev–Trinajstić information content (AvgIpc) is 2.37. The first-order valence-electron chi connectivity index (χ1n) is 6.27. The second-order valence-electron chi connectivity index (χ2n) is 4.31. The van der Waals surface area contributed by atoms with Gasteiger partial charge >= 0.3 is 0 Å². The molecule has 0 aliphatic heterocycles. The summed E-state index contributed by atoms with van der Waals surface area (Å²) < 4.78 is 0. The standard InChI is InChI=1S/C12H25N3O2/c1-5-10(6-2)8-15(7-3)12(16)9(4)11(13)14-17/h9-10,17H,5-8H2,1-4H3,(H2,13,14). The fourth-order valence-corrected chi connectivity index (χ4v) is 1.72. The van der Waals surface area contributed by atoms with E-state index in [9.17, 15) is 4.79 Å². The minimum atomic E-state index is -0.561. The van der Waals surface area contributed by atoms with Gasteiger partial charge in [0.25, 0.3) is 0 Å². The summed E-state index contributed by atoms with van der Waals surface area (Å²) in [6.07, 6.45) is 2.11. The number of carbonyl (C=O) groups excluding carboxylic acids is 1. The maximum absolute atomic E-state index is 12.1. The molecule has 0 aromatic carbocycles. The van der Waals surface area contributed by atoms with E-state index in [0.717, 1.165) is 19.4 Å². The Morgan fingerprint density at radius 2 is 1.88 bits per heavy atom. The zero-order chi connectivity index (χ0) is 13.4. The van der Waals surface area contributed by atoms with Crippen molar-refractivity contribution in [2.45, 2.75) is 40.5 Å². The predicted octanol–water partition coefficient (Wildman–Crippen LogP) is 1.65. The van der Waals surface area contributed by atoms with Gasteiger partial charge in [0.1, 0.15) is 0 Å². The monoisotopic (exact) mass is 243 g/mol. The molecule has 3 N–H and O–H groups in total. The summed E-state index contributed by atoms with van der Waals surface area (Å²) in [4.78, 5) is 13.9. The number of hydrogen-bond acceptors (Lipinski definition) is 3. The van der Waals surface area contributed by atoms with Gasteiger partial charge in [-0.05, 0) is 19.8 Å². The lowest BCUT2D eigenvalue weighted by Crippen LogP contribution is -2.42. The van der Waals surface area contributed by atoms with E-state index in [1.54, 1.807) is 11.8 Å². The molecule has 0 spiro atoms. The Bertz CT molecular complexity index is 262. The molecule has 0 fully saturated rings. The van der Waals surface area contributed by atoms with Crippen molar-refractivity contribution < 1.29 is 10.0 Å². The maximum atomic E-state index is 12.1. The molecule has 0 aromatic rings. The third-order valence-electron chi connectivity index (χ3n) is 3.26. The molecule has 1 unspecified atom stereocenters. The average molecular weight is 243 g/mol. The topological polar surface area (TPSA) is 78.9 Å². The van der Waals surface area contributed by atoms with Crippen LogP contribution in [-0.2, 0) is 4.79 Å². The zero-order valence-corrected chi connectivity index (χ0v) is 11.3. The van der Waals surface area contributed by atoms with Crippen LogP contribution in [0.1, 0.15) is 40.5 Å². The predicted molar refractivity (Wildman–Crippen MR) is 68.9 cm³/mol. The Hall–Kier alpha value is -1.26. The Labute approximate surface area is 104 Å². The molecule has 100 valence electrons. The molecular formula is C12H25N3O2. The lowest BCUT2D eigenvalue weighted by molar-refractivity contribution is -0.133. The number of amides is 1. The number of nitrogens with two attached hydrogens (primary N) is 1. The zero-order valence-electron chi connectivity index (χ0n) is 11.3. The van der Waals surface area contributed by atoms with Crippen LogP contribution >= 0.6 is 0 Å². The summed E-state index contributed by atoms with van der Waals surface area (Å²) in [5.41, 5.74) is 5.46. The molecule has 0 aliphatic rings. The summed E-state index contributed by atoms with van der Waals surface area (Å²) in [5.74, 6) is -0.152. The van der Waals surface area contributed by atoms with Gasteiger partial charge in [0.15, 0.2) is 5.84 Å². The van der Waals surface area contributed by atoms with E-state index in [0.29, 0.717) is 12.5 Å². The SMILES string of the molecule is CCC(CC)CN(CC)C(=O)C(C)/C(N)=N/O.